The third-order valence-corrected chi connectivity index (χ3v) is 6.80. The van der Waals surface area contributed by atoms with Gasteiger partial charge in [0.2, 0.25) is 10.0 Å². The van der Waals surface area contributed by atoms with Crippen molar-refractivity contribution in [1.29, 1.82) is 0 Å². The first-order valence-corrected chi connectivity index (χ1v) is 11.1. The van der Waals surface area contributed by atoms with Crippen molar-refractivity contribution in [3.63, 3.8) is 0 Å². The van der Waals surface area contributed by atoms with Crippen LogP contribution in [0.5, 0.6) is 5.75 Å². The van der Waals surface area contributed by atoms with Gasteiger partial charge < -0.3 is 14.2 Å². The van der Waals surface area contributed by atoms with Crippen LogP contribution in [-0.2, 0) is 30.9 Å². The molecule has 0 atom stereocenters. The average molecular weight is 452 g/mol. The Labute approximate surface area is 180 Å². The second-order valence-corrected chi connectivity index (χ2v) is 8.77. The molecule has 0 saturated carbocycles. The van der Waals surface area contributed by atoms with E-state index >= 15 is 0 Å². The average Bonchev–Trinajstić information content (AvgIpc) is 2.77. The second-order valence-electron chi connectivity index (χ2n) is 6.46. The van der Waals surface area contributed by atoms with Gasteiger partial charge in [0.1, 0.15) is 17.3 Å². The van der Waals surface area contributed by atoms with E-state index in [1.807, 2.05) is 0 Å². The number of morpholine rings is 1. The van der Waals surface area contributed by atoms with Crippen LogP contribution < -0.4 is 4.74 Å². The first-order valence-electron chi connectivity index (χ1n) is 9.26. The first-order chi connectivity index (χ1) is 14.4. The van der Waals surface area contributed by atoms with Crippen molar-refractivity contribution in [2.45, 2.75) is 11.5 Å². The zero-order valence-corrected chi connectivity index (χ0v) is 18.0. The maximum atomic E-state index is 13.0. The summed E-state index contributed by atoms with van der Waals surface area (Å²) in [6.45, 7) is 1.29. The predicted octanol–water partition coefficient (Wildman–Crippen LogP) is 3.13. The van der Waals surface area contributed by atoms with E-state index in [-0.39, 0.29) is 30.3 Å². The van der Waals surface area contributed by atoms with Gasteiger partial charge in [0, 0.05) is 29.8 Å². The number of hydrogen-bond donors (Lipinski definition) is 0. The van der Waals surface area contributed by atoms with Crippen LogP contribution in [0.2, 0.25) is 5.02 Å². The highest BCUT2D eigenvalue weighted by molar-refractivity contribution is 7.89. The highest BCUT2D eigenvalue weighted by atomic mass is 35.5. The fraction of sp³-hybridized carbons (Fsp3) is 0.286. The number of carbonyl (C=O) groups excluding carboxylic acids is 1. The van der Waals surface area contributed by atoms with E-state index in [1.165, 1.54) is 29.6 Å². The monoisotopic (exact) mass is 451 g/mol. The first kappa shape index (κ1) is 22.3. The van der Waals surface area contributed by atoms with Crippen molar-refractivity contribution in [3.05, 3.63) is 64.7 Å². The largest absolute Gasteiger partial charge is 0.495 e. The maximum absolute atomic E-state index is 13.0. The van der Waals surface area contributed by atoms with E-state index in [4.69, 9.17) is 25.8 Å². The summed E-state index contributed by atoms with van der Waals surface area (Å²) in [7, 11) is -2.34. The SMILES string of the molecule is COc1ccc(C=CC(=O)OCc2ccccc2Cl)cc1S(=O)(=O)N1CCOCC1. The summed E-state index contributed by atoms with van der Waals surface area (Å²) in [5.41, 5.74) is 1.22. The summed E-state index contributed by atoms with van der Waals surface area (Å²) >= 11 is 6.04. The molecule has 0 unspecified atom stereocenters. The number of ether oxygens (including phenoxy) is 3. The lowest BCUT2D eigenvalue weighted by Gasteiger charge is -2.26. The molecule has 1 aliphatic heterocycles. The molecule has 7 nitrogen and oxygen atoms in total. The number of methoxy groups -OCH3 is 1. The van der Waals surface area contributed by atoms with Gasteiger partial charge in [-0.15, -0.1) is 0 Å². The molecule has 0 amide bonds. The highest BCUT2D eigenvalue weighted by Gasteiger charge is 2.29. The lowest BCUT2D eigenvalue weighted by Crippen LogP contribution is -2.40. The van der Waals surface area contributed by atoms with E-state index in [0.29, 0.717) is 29.4 Å². The Kier molecular flexibility index (Phi) is 7.49. The lowest BCUT2D eigenvalue weighted by molar-refractivity contribution is -0.138. The highest BCUT2D eigenvalue weighted by Crippen LogP contribution is 2.29. The molecule has 160 valence electrons. The van der Waals surface area contributed by atoms with Crippen LogP contribution in [0.15, 0.2) is 53.4 Å². The number of halogens is 1. The number of benzene rings is 2. The Morgan fingerprint density at radius 1 is 1.20 bits per heavy atom. The van der Waals surface area contributed by atoms with Crippen molar-refractivity contribution >= 4 is 33.7 Å². The predicted molar refractivity (Wildman–Crippen MR) is 113 cm³/mol. The van der Waals surface area contributed by atoms with Gasteiger partial charge >= 0.3 is 5.97 Å². The molecule has 1 heterocycles. The summed E-state index contributed by atoms with van der Waals surface area (Å²) in [5.74, 6) is -0.330. The Morgan fingerprint density at radius 2 is 1.93 bits per heavy atom. The molecule has 2 aromatic carbocycles. The Morgan fingerprint density at radius 3 is 2.63 bits per heavy atom. The van der Waals surface area contributed by atoms with Crippen molar-refractivity contribution in [1.82, 2.24) is 4.31 Å². The summed E-state index contributed by atoms with van der Waals surface area (Å²) < 4.78 is 43.0. The molecular formula is C21H22ClNO6S. The fourth-order valence-corrected chi connectivity index (χ4v) is 4.69. The summed E-state index contributed by atoms with van der Waals surface area (Å²) in [5, 5.41) is 0.516. The standard InChI is InChI=1S/C21H22ClNO6S/c1-27-19-8-6-16(14-20(19)30(25,26)23-10-12-28-13-11-23)7-9-21(24)29-15-17-4-2-3-5-18(17)22/h2-9,14H,10-13,15H2,1H3. The Balaban J connectivity index is 1.74. The number of sulfonamides is 1. The Bertz CT molecular complexity index is 1030. The van der Waals surface area contributed by atoms with E-state index in [1.54, 1.807) is 36.4 Å². The molecule has 0 aliphatic carbocycles. The quantitative estimate of drug-likeness (QED) is 0.475. The van der Waals surface area contributed by atoms with E-state index in [9.17, 15) is 13.2 Å². The topological polar surface area (TPSA) is 82.1 Å². The van der Waals surface area contributed by atoms with Crippen molar-refractivity contribution < 1.29 is 27.4 Å². The molecule has 0 aromatic heterocycles. The van der Waals surface area contributed by atoms with Gasteiger partial charge in [0.05, 0.1) is 20.3 Å². The molecule has 0 bridgehead atoms. The number of esters is 1. The van der Waals surface area contributed by atoms with Crippen LogP contribution in [0.3, 0.4) is 0 Å². The molecule has 30 heavy (non-hydrogen) atoms. The van der Waals surface area contributed by atoms with Gasteiger partial charge in [-0.05, 0) is 29.8 Å². The number of rotatable bonds is 7. The van der Waals surface area contributed by atoms with Gasteiger partial charge in [-0.2, -0.15) is 4.31 Å². The van der Waals surface area contributed by atoms with Gasteiger partial charge in [0.15, 0.2) is 0 Å². The van der Waals surface area contributed by atoms with Crippen molar-refractivity contribution in [3.8, 4) is 5.75 Å². The van der Waals surface area contributed by atoms with Gasteiger partial charge in [-0.1, -0.05) is 35.9 Å². The molecule has 1 saturated heterocycles. The van der Waals surface area contributed by atoms with Crippen LogP contribution in [-0.4, -0.2) is 52.1 Å². The number of nitrogens with zero attached hydrogens (tertiary/aromatic N) is 1. The van der Waals surface area contributed by atoms with Crippen LogP contribution in [0, 0.1) is 0 Å². The summed E-state index contributed by atoms with van der Waals surface area (Å²) in [6.07, 6.45) is 2.73. The normalized spacial score (nSPS) is 15.3. The summed E-state index contributed by atoms with van der Waals surface area (Å²) in [6, 6.07) is 11.8. The number of carbonyl (C=O) groups is 1. The smallest absolute Gasteiger partial charge is 0.331 e. The second kappa shape index (κ2) is 10.1. The van der Waals surface area contributed by atoms with E-state index in [2.05, 4.69) is 0 Å². The molecule has 1 aliphatic rings. The third-order valence-electron chi connectivity index (χ3n) is 4.52. The molecular weight excluding hydrogens is 430 g/mol. The van der Waals surface area contributed by atoms with Gasteiger partial charge in [-0.25, -0.2) is 13.2 Å². The maximum Gasteiger partial charge on any atom is 0.331 e. The number of hydrogen-bond acceptors (Lipinski definition) is 6. The molecule has 0 radical (unpaired) electrons. The van der Waals surface area contributed by atoms with Crippen LogP contribution in [0.4, 0.5) is 0 Å². The van der Waals surface area contributed by atoms with Crippen LogP contribution >= 0.6 is 11.6 Å². The minimum atomic E-state index is -3.75. The molecule has 3 rings (SSSR count). The van der Waals surface area contributed by atoms with E-state index < -0.39 is 16.0 Å². The van der Waals surface area contributed by atoms with E-state index in [0.717, 1.165) is 0 Å². The molecule has 0 spiro atoms. The zero-order chi connectivity index (χ0) is 21.6. The molecule has 0 N–H and O–H groups in total. The molecule has 2 aromatic rings. The van der Waals surface area contributed by atoms with Gasteiger partial charge in [-0.3, -0.25) is 0 Å². The van der Waals surface area contributed by atoms with Crippen molar-refractivity contribution in [2.24, 2.45) is 0 Å². The lowest BCUT2D eigenvalue weighted by atomic mass is 10.2. The zero-order valence-electron chi connectivity index (χ0n) is 16.4. The summed E-state index contributed by atoms with van der Waals surface area (Å²) in [4.78, 5) is 12.1. The third kappa shape index (κ3) is 5.40. The Hall–Kier alpha value is -2.39. The molecule has 9 heteroatoms. The minimum Gasteiger partial charge on any atom is -0.495 e. The molecule has 1 fully saturated rings. The fourth-order valence-electron chi connectivity index (χ4n) is 2.90. The van der Waals surface area contributed by atoms with Gasteiger partial charge in [0.25, 0.3) is 0 Å². The van der Waals surface area contributed by atoms with Crippen LogP contribution in [0.1, 0.15) is 11.1 Å². The van der Waals surface area contributed by atoms with Crippen LogP contribution in [0.25, 0.3) is 6.08 Å². The van der Waals surface area contributed by atoms with Crippen molar-refractivity contribution in [2.75, 3.05) is 33.4 Å². The minimum absolute atomic E-state index is 0.0403.